The van der Waals surface area contributed by atoms with Crippen molar-refractivity contribution in [2.45, 2.75) is 64.4 Å². The Morgan fingerprint density at radius 1 is 1.22 bits per heavy atom. The number of nitrogens with zero attached hydrogens (tertiary/aromatic N) is 1. The number of alkyl carbamates (subject to hydrolysis) is 1. The molecule has 0 unspecified atom stereocenters. The van der Waals surface area contributed by atoms with E-state index in [9.17, 15) is 4.79 Å². The van der Waals surface area contributed by atoms with Crippen LogP contribution in [0.1, 0.15) is 48.6 Å². The third-order valence-electron chi connectivity index (χ3n) is 6.37. The van der Waals surface area contributed by atoms with Crippen molar-refractivity contribution in [2.24, 2.45) is 0 Å². The Hall–Kier alpha value is -2.09. The van der Waals surface area contributed by atoms with Crippen LogP contribution in [-0.2, 0) is 27.2 Å². The maximum Gasteiger partial charge on any atom is 0.407 e. The molecule has 1 aromatic carbocycles. The Morgan fingerprint density at radius 3 is 2.62 bits per heavy atom. The Kier molecular flexibility index (Phi) is 7.71. The van der Waals surface area contributed by atoms with Gasteiger partial charge in [-0.1, -0.05) is 30.3 Å². The lowest BCUT2D eigenvalue weighted by Crippen LogP contribution is -2.44. The molecule has 174 valence electrons. The third kappa shape index (κ3) is 5.63. The van der Waals surface area contributed by atoms with Gasteiger partial charge in [0.05, 0.1) is 18.2 Å². The maximum atomic E-state index is 12.0. The van der Waals surface area contributed by atoms with Crippen LogP contribution < -0.4 is 10.2 Å². The maximum absolute atomic E-state index is 12.0. The molecule has 2 fully saturated rings. The number of rotatable bonds is 8. The van der Waals surface area contributed by atoms with Crippen LogP contribution >= 0.6 is 11.3 Å². The summed E-state index contributed by atoms with van der Waals surface area (Å²) in [6.07, 6.45) is 4.56. The van der Waals surface area contributed by atoms with Crippen molar-refractivity contribution >= 4 is 22.4 Å². The molecule has 6 nitrogen and oxygen atoms in total. The number of anilines is 1. The molecular weight excluding hydrogens is 424 g/mol. The van der Waals surface area contributed by atoms with Gasteiger partial charge in [-0.05, 0) is 50.3 Å². The highest BCUT2D eigenvalue weighted by Crippen LogP contribution is 2.40. The van der Waals surface area contributed by atoms with Crippen molar-refractivity contribution in [3.8, 4) is 0 Å². The quantitative estimate of drug-likeness (QED) is 0.601. The fourth-order valence-corrected chi connectivity index (χ4v) is 6.02. The molecule has 0 atom stereocenters. The lowest BCUT2D eigenvalue weighted by Gasteiger charge is -2.40. The fraction of sp³-hybridized carbons (Fsp3) is 0.560. The number of nitrogens with one attached hydrogen (secondary N) is 1. The molecule has 1 N–H and O–H groups in total. The molecule has 1 spiro atoms. The van der Waals surface area contributed by atoms with E-state index in [0.29, 0.717) is 19.2 Å². The summed E-state index contributed by atoms with van der Waals surface area (Å²) in [5, 5.41) is 4.22. The first-order valence-corrected chi connectivity index (χ1v) is 12.5. The average molecular weight is 459 g/mol. The zero-order valence-electron chi connectivity index (χ0n) is 19.1. The zero-order chi connectivity index (χ0) is 22.4. The molecule has 7 heteroatoms. The molecule has 2 heterocycles. The Labute approximate surface area is 194 Å². The lowest BCUT2D eigenvalue weighted by atomic mass is 9.89. The van der Waals surface area contributed by atoms with E-state index < -0.39 is 0 Å². The average Bonchev–Trinajstić information content (AvgIpc) is 3.42. The SMILES string of the molecule is CCN(c1sc(CCNC(=O)OCc2ccccc2)cc1C)C1CCC2(CC1)OCCO2. The van der Waals surface area contributed by atoms with Gasteiger partial charge in [-0.15, -0.1) is 11.3 Å². The van der Waals surface area contributed by atoms with Crippen LogP contribution in [0.4, 0.5) is 9.80 Å². The second kappa shape index (κ2) is 10.7. The van der Waals surface area contributed by atoms with Gasteiger partial charge in [0.15, 0.2) is 5.79 Å². The number of thiophene rings is 1. The van der Waals surface area contributed by atoms with Crippen LogP contribution in [0.15, 0.2) is 36.4 Å². The van der Waals surface area contributed by atoms with Crippen LogP contribution in [0.3, 0.4) is 0 Å². The first-order chi connectivity index (χ1) is 15.6. The molecule has 2 aliphatic rings. The minimum Gasteiger partial charge on any atom is -0.445 e. The standard InChI is InChI=1S/C25H34N2O4S/c1-3-27(21-9-12-25(13-10-21)30-15-16-31-25)23-19(2)17-22(32-23)11-14-26-24(28)29-18-20-7-5-4-6-8-20/h4-8,17,21H,3,9-16,18H2,1-2H3,(H,26,28). The Bertz CT molecular complexity index is 869. The molecule has 1 aromatic heterocycles. The molecule has 1 saturated heterocycles. The largest absolute Gasteiger partial charge is 0.445 e. The molecular formula is C25H34N2O4S. The Morgan fingerprint density at radius 2 is 1.94 bits per heavy atom. The first-order valence-electron chi connectivity index (χ1n) is 11.7. The van der Waals surface area contributed by atoms with Gasteiger partial charge in [0.25, 0.3) is 0 Å². The third-order valence-corrected chi connectivity index (χ3v) is 7.70. The molecule has 0 bridgehead atoms. The van der Waals surface area contributed by atoms with Gasteiger partial charge in [0, 0.05) is 36.9 Å². The minimum atomic E-state index is -0.370. The molecule has 1 amide bonds. The van der Waals surface area contributed by atoms with Gasteiger partial charge in [0.1, 0.15) is 6.61 Å². The Balaban J connectivity index is 1.26. The predicted molar refractivity (Wildman–Crippen MR) is 127 cm³/mol. The molecule has 1 aliphatic heterocycles. The number of hydrogen-bond acceptors (Lipinski definition) is 6. The fourth-order valence-electron chi connectivity index (χ4n) is 4.71. The van der Waals surface area contributed by atoms with E-state index in [4.69, 9.17) is 14.2 Å². The summed E-state index contributed by atoms with van der Waals surface area (Å²) in [6.45, 7) is 7.72. The zero-order valence-corrected chi connectivity index (χ0v) is 19.9. The lowest BCUT2D eigenvalue weighted by molar-refractivity contribution is -0.178. The highest BCUT2D eigenvalue weighted by molar-refractivity contribution is 7.16. The highest BCUT2D eigenvalue weighted by atomic mass is 32.1. The first kappa shape index (κ1) is 23.1. The summed E-state index contributed by atoms with van der Waals surface area (Å²) in [6, 6.07) is 12.5. The van der Waals surface area contributed by atoms with Crippen molar-refractivity contribution in [1.82, 2.24) is 5.32 Å². The number of aryl methyl sites for hydroxylation is 1. The summed E-state index contributed by atoms with van der Waals surface area (Å²) < 4.78 is 17.1. The number of carbonyl (C=O) groups is 1. The molecule has 2 aromatic rings. The van der Waals surface area contributed by atoms with Gasteiger partial charge >= 0.3 is 6.09 Å². The number of benzene rings is 1. The second-order valence-corrected chi connectivity index (χ2v) is 9.68. The predicted octanol–water partition coefficient (Wildman–Crippen LogP) is 5.04. The summed E-state index contributed by atoms with van der Waals surface area (Å²) in [5.74, 6) is -0.313. The van der Waals surface area contributed by atoms with Crippen LogP contribution in [0.25, 0.3) is 0 Å². The van der Waals surface area contributed by atoms with E-state index in [1.165, 1.54) is 15.4 Å². The van der Waals surface area contributed by atoms with Crippen molar-refractivity contribution in [1.29, 1.82) is 0 Å². The summed E-state index contributed by atoms with van der Waals surface area (Å²) in [4.78, 5) is 15.8. The number of ether oxygens (including phenoxy) is 3. The van der Waals surface area contributed by atoms with E-state index >= 15 is 0 Å². The van der Waals surface area contributed by atoms with E-state index in [2.05, 4.69) is 30.1 Å². The van der Waals surface area contributed by atoms with E-state index in [1.807, 2.05) is 41.7 Å². The molecule has 4 rings (SSSR count). The van der Waals surface area contributed by atoms with Crippen LogP contribution in [0.2, 0.25) is 0 Å². The number of hydrogen-bond donors (Lipinski definition) is 1. The van der Waals surface area contributed by atoms with Gasteiger partial charge in [0.2, 0.25) is 0 Å². The monoisotopic (exact) mass is 458 g/mol. The van der Waals surface area contributed by atoms with Crippen LogP contribution in [0.5, 0.6) is 0 Å². The summed E-state index contributed by atoms with van der Waals surface area (Å²) >= 11 is 1.84. The van der Waals surface area contributed by atoms with Crippen LogP contribution in [0, 0.1) is 6.92 Å². The molecule has 32 heavy (non-hydrogen) atoms. The van der Waals surface area contributed by atoms with Crippen LogP contribution in [-0.4, -0.2) is 44.2 Å². The van der Waals surface area contributed by atoms with E-state index in [0.717, 1.165) is 57.4 Å². The summed E-state index contributed by atoms with van der Waals surface area (Å²) in [7, 11) is 0. The van der Waals surface area contributed by atoms with Crippen molar-refractivity contribution < 1.29 is 19.0 Å². The van der Waals surface area contributed by atoms with E-state index in [1.54, 1.807) is 0 Å². The van der Waals surface area contributed by atoms with E-state index in [-0.39, 0.29) is 11.9 Å². The van der Waals surface area contributed by atoms with Gasteiger partial charge in [-0.3, -0.25) is 0 Å². The normalized spacial score (nSPS) is 18.1. The van der Waals surface area contributed by atoms with Gasteiger partial charge in [-0.25, -0.2) is 4.79 Å². The van der Waals surface area contributed by atoms with Gasteiger partial charge < -0.3 is 24.4 Å². The molecule has 0 radical (unpaired) electrons. The van der Waals surface area contributed by atoms with Crippen molar-refractivity contribution in [3.05, 3.63) is 52.4 Å². The minimum absolute atomic E-state index is 0.291. The van der Waals surface area contributed by atoms with Crippen molar-refractivity contribution in [3.63, 3.8) is 0 Å². The number of amides is 1. The highest BCUT2D eigenvalue weighted by Gasteiger charge is 2.41. The topological polar surface area (TPSA) is 60.0 Å². The summed E-state index contributed by atoms with van der Waals surface area (Å²) in [5.41, 5.74) is 2.30. The smallest absolute Gasteiger partial charge is 0.407 e. The van der Waals surface area contributed by atoms with Crippen molar-refractivity contribution in [2.75, 3.05) is 31.2 Å². The molecule has 1 aliphatic carbocycles. The number of carbonyl (C=O) groups excluding carboxylic acids is 1. The second-order valence-electron chi connectivity index (χ2n) is 8.56. The molecule has 1 saturated carbocycles. The van der Waals surface area contributed by atoms with Gasteiger partial charge in [-0.2, -0.15) is 0 Å².